The van der Waals surface area contributed by atoms with E-state index in [1.165, 1.54) is 11.6 Å². The Morgan fingerprint density at radius 3 is 2.25 bits per heavy atom. The van der Waals surface area contributed by atoms with Gasteiger partial charge in [-0.2, -0.15) is 0 Å². The molecule has 0 amide bonds. The summed E-state index contributed by atoms with van der Waals surface area (Å²) in [5.41, 5.74) is 11.2. The zero-order valence-electron chi connectivity index (χ0n) is 11.8. The molecule has 104 valence electrons. The summed E-state index contributed by atoms with van der Waals surface area (Å²) >= 11 is 0. The van der Waals surface area contributed by atoms with Crippen LogP contribution in [0.15, 0.2) is 30.3 Å². The number of aromatic carboxylic acids is 1. The van der Waals surface area contributed by atoms with Gasteiger partial charge in [0.05, 0.1) is 11.3 Å². The molecule has 0 saturated heterocycles. The van der Waals surface area contributed by atoms with Gasteiger partial charge in [-0.3, -0.25) is 0 Å². The molecule has 0 aliphatic carbocycles. The van der Waals surface area contributed by atoms with E-state index in [0.29, 0.717) is 11.4 Å². The molecular weight excluding hydrogens is 252 g/mol. The number of rotatable bonds is 3. The number of anilines is 3. The van der Waals surface area contributed by atoms with Crippen molar-refractivity contribution in [3.63, 3.8) is 0 Å². The van der Waals surface area contributed by atoms with Gasteiger partial charge in [-0.05, 0) is 50.1 Å². The van der Waals surface area contributed by atoms with Crippen molar-refractivity contribution < 1.29 is 9.90 Å². The predicted octanol–water partition coefficient (Wildman–Crippen LogP) is 3.64. The molecule has 4 N–H and O–H groups in total. The van der Waals surface area contributed by atoms with Crippen LogP contribution in [0.3, 0.4) is 0 Å². The highest BCUT2D eigenvalue weighted by Crippen LogP contribution is 2.29. The summed E-state index contributed by atoms with van der Waals surface area (Å²) in [6, 6.07) is 8.86. The monoisotopic (exact) mass is 270 g/mol. The highest BCUT2D eigenvalue weighted by atomic mass is 16.4. The van der Waals surface area contributed by atoms with E-state index >= 15 is 0 Å². The maximum atomic E-state index is 11.3. The Hall–Kier alpha value is -2.49. The van der Waals surface area contributed by atoms with Crippen molar-refractivity contribution in [2.24, 2.45) is 0 Å². The molecule has 20 heavy (non-hydrogen) atoms. The standard InChI is InChI=1S/C16H18N2O2/c1-9-6-10(2)15(11(3)7-9)18-14-8-12(17)4-5-13(14)16(19)20/h4-8,18H,17H2,1-3H3,(H,19,20). The third kappa shape index (κ3) is 2.74. The number of carboxylic acid groups (broad SMARTS) is 1. The summed E-state index contributed by atoms with van der Waals surface area (Å²) in [6.07, 6.45) is 0. The van der Waals surface area contributed by atoms with E-state index in [-0.39, 0.29) is 5.56 Å². The van der Waals surface area contributed by atoms with Gasteiger partial charge < -0.3 is 16.2 Å². The SMILES string of the molecule is Cc1cc(C)c(Nc2cc(N)ccc2C(=O)O)c(C)c1. The molecule has 0 unspecified atom stereocenters. The van der Waals surface area contributed by atoms with E-state index < -0.39 is 5.97 Å². The summed E-state index contributed by atoms with van der Waals surface area (Å²) < 4.78 is 0. The first kappa shape index (κ1) is 13.9. The molecule has 4 nitrogen and oxygen atoms in total. The second-order valence-electron chi connectivity index (χ2n) is 5.01. The Labute approximate surface area is 118 Å². The fraction of sp³-hybridized carbons (Fsp3) is 0.188. The molecule has 2 rings (SSSR count). The van der Waals surface area contributed by atoms with Gasteiger partial charge in [0.25, 0.3) is 0 Å². The molecule has 4 heteroatoms. The van der Waals surface area contributed by atoms with E-state index in [1.54, 1.807) is 12.1 Å². The molecule has 0 fully saturated rings. The molecule has 0 bridgehead atoms. The lowest BCUT2D eigenvalue weighted by atomic mass is 10.0. The molecule has 0 aromatic heterocycles. The Morgan fingerprint density at radius 2 is 1.70 bits per heavy atom. The van der Waals surface area contributed by atoms with E-state index in [2.05, 4.69) is 17.4 Å². The zero-order valence-corrected chi connectivity index (χ0v) is 11.8. The van der Waals surface area contributed by atoms with Crippen LogP contribution in [-0.2, 0) is 0 Å². The van der Waals surface area contributed by atoms with Gasteiger partial charge in [0, 0.05) is 11.4 Å². The molecule has 0 aliphatic rings. The van der Waals surface area contributed by atoms with Crippen molar-refractivity contribution in [2.75, 3.05) is 11.1 Å². The summed E-state index contributed by atoms with van der Waals surface area (Å²) in [5.74, 6) is -0.977. The molecule has 0 saturated carbocycles. The van der Waals surface area contributed by atoms with Crippen LogP contribution in [0, 0.1) is 20.8 Å². The summed E-state index contributed by atoms with van der Waals surface area (Å²) in [6.45, 7) is 6.02. The lowest BCUT2D eigenvalue weighted by Gasteiger charge is -2.16. The Kier molecular flexibility index (Phi) is 3.66. The normalized spacial score (nSPS) is 10.3. The van der Waals surface area contributed by atoms with Crippen LogP contribution in [0.2, 0.25) is 0 Å². The summed E-state index contributed by atoms with van der Waals surface area (Å²) in [4.78, 5) is 11.3. The number of nitrogen functional groups attached to an aromatic ring is 1. The van der Waals surface area contributed by atoms with Gasteiger partial charge in [0.15, 0.2) is 0 Å². The second-order valence-corrected chi connectivity index (χ2v) is 5.01. The van der Waals surface area contributed by atoms with Crippen molar-refractivity contribution in [1.29, 1.82) is 0 Å². The highest BCUT2D eigenvalue weighted by Gasteiger charge is 2.12. The average molecular weight is 270 g/mol. The van der Waals surface area contributed by atoms with Crippen LogP contribution in [0.1, 0.15) is 27.0 Å². The van der Waals surface area contributed by atoms with Gasteiger partial charge in [-0.15, -0.1) is 0 Å². The quantitative estimate of drug-likeness (QED) is 0.744. The first-order valence-electron chi connectivity index (χ1n) is 6.36. The largest absolute Gasteiger partial charge is 0.478 e. The number of hydrogen-bond donors (Lipinski definition) is 3. The van der Waals surface area contributed by atoms with Crippen molar-refractivity contribution in [3.8, 4) is 0 Å². The lowest BCUT2D eigenvalue weighted by molar-refractivity contribution is 0.0698. The molecule has 2 aromatic carbocycles. The van der Waals surface area contributed by atoms with Crippen LogP contribution in [-0.4, -0.2) is 11.1 Å². The maximum Gasteiger partial charge on any atom is 0.337 e. The van der Waals surface area contributed by atoms with E-state index in [1.807, 2.05) is 20.8 Å². The fourth-order valence-corrected chi connectivity index (χ4v) is 2.36. The van der Waals surface area contributed by atoms with E-state index in [0.717, 1.165) is 16.8 Å². The minimum absolute atomic E-state index is 0.207. The topological polar surface area (TPSA) is 75.3 Å². The number of carboxylic acids is 1. The number of nitrogens with one attached hydrogen (secondary N) is 1. The van der Waals surface area contributed by atoms with Gasteiger partial charge >= 0.3 is 5.97 Å². The number of nitrogens with two attached hydrogens (primary N) is 1. The van der Waals surface area contributed by atoms with Crippen molar-refractivity contribution >= 4 is 23.0 Å². The van der Waals surface area contributed by atoms with Crippen LogP contribution in [0.4, 0.5) is 17.1 Å². The van der Waals surface area contributed by atoms with Crippen molar-refractivity contribution in [3.05, 3.63) is 52.6 Å². The number of aryl methyl sites for hydroxylation is 3. The molecule has 0 radical (unpaired) electrons. The van der Waals surface area contributed by atoms with Gasteiger partial charge in [0.1, 0.15) is 0 Å². The van der Waals surface area contributed by atoms with E-state index in [9.17, 15) is 9.90 Å². The minimum Gasteiger partial charge on any atom is -0.478 e. The average Bonchev–Trinajstić information content (AvgIpc) is 2.33. The van der Waals surface area contributed by atoms with Crippen molar-refractivity contribution in [2.45, 2.75) is 20.8 Å². The third-order valence-electron chi connectivity index (χ3n) is 3.21. The first-order valence-corrected chi connectivity index (χ1v) is 6.36. The first-order chi connectivity index (χ1) is 9.38. The van der Waals surface area contributed by atoms with Crippen LogP contribution in [0.25, 0.3) is 0 Å². The van der Waals surface area contributed by atoms with Gasteiger partial charge in [0.2, 0.25) is 0 Å². The highest BCUT2D eigenvalue weighted by molar-refractivity contribution is 5.96. The molecule has 0 aliphatic heterocycles. The van der Waals surface area contributed by atoms with Gasteiger partial charge in [-0.25, -0.2) is 4.79 Å². The van der Waals surface area contributed by atoms with Crippen LogP contribution >= 0.6 is 0 Å². The summed E-state index contributed by atoms with van der Waals surface area (Å²) in [5, 5.41) is 12.4. The van der Waals surface area contributed by atoms with Crippen molar-refractivity contribution in [1.82, 2.24) is 0 Å². The molecule has 0 heterocycles. The number of benzene rings is 2. The maximum absolute atomic E-state index is 11.3. The Morgan fingerprint density at radius 1 is 1.10 bits per heavy atom. The Bertz CT molecular complexity index is 655. The van der Waals surface area contributed by atoms with E-state index in [4.69, 9.17) is 5.73 Å². The summed E-state index contributed by atoms with van der Waals surface area (Å²) in [7, 11) is 0. The van der Waals surface area contributed by atoms with Crippen LogP contribution < -0.4 is 11.1 Å². The lowest BCUT2D eigenvalue weighted by Crippen LogP contribution is -2.05. The third-order valence-corrected chi connectivity index (χ3v) is 3.21. The molecule has 0 spiro atoms. The fourth-order valence-electron chi connectivity index (χ4n) is 2.36. The number of carbonyl (C=O) groups is 1. The Balaban J connectivity index is 2.50. The zero-order chi connectivity index (χ0) is 14.9. The minimum atomic E-state index is -0.977. The second kappa shape index (κ2) is 5.25. The molecular formula is C16H18N2O2. The predicted molar refractivity (Wildman–Crippen MR) is 81.7 cm³/mol. The van der Waals surface area contributed by atoms with Gasteiger partial charge in [-0.1, -0.05) is 17.7 Å². The molecule has 2 aromatic rings. The molecule has 0 atom stereocenters. The number of hydrogen-bond acceptors (Lipinski definition) is 3. The van der Waals surface area contributed by atoms with Crippen LogP contribution in [0.5, 0.6) is 0 Å². The smallest absolute Gasteiger partial charge is 0.337 e.